The molecule has 0 amide bonds. The van der Waals surface area contributed by atoms with Crippen molar-refractivity contribution in [2.45, 2.75) is 19.8 Å². The second-order valence-electron chi connectivity index (χ2n) is 4.37. The Morgan fingerprint density at radius 1 is 1.32 bits per heavy atom. The molecule has 0 aliphatic heterocycles. The van der Waals surface area contributed by atoms with E-state index >= 15 is 0 Å². The second kappa shape index (κ2) is 7.63. The van der Waals surface area contributed by atoms with E-state index in [1.807, 2.05) is 13.0 Å². The molecule has 0 radical (unpaired) electrons. The Labute approximate surface area is 114 Å². The van der Waals surface area contributed by atoms with Crippen molar-refractivity contribution in [3.8, 4) is 0 Å². The lowest BCUT2D eigenvalue weighted by molar-refractivity contribution is 0.0602. The summed E-state index contributed by atoms with van der Waals surface area (Å²) in [4.78, 5) is 11.6. The van der Waals surface area contributed by atoms with E-state index in [0.29, 0.717) is 11.3 Å². The van der Waals surface area contributed by atoms with Crippen LogP contribution >= 0.6 is 0 Å². The van der Waals surface area contributed by atoms with E-state index in [1.54, 1.807) is 13.2 Å². The quantitative estimate of drug-likeness (QED) is 0.449. The number of hydrogen-bond acceptors (Lipinski definition) is 5. The van der Waals surface area contributed by atoms with Crippen LogP contribution in [0, 0.1) is 6.92 Å². The molecule has 0 aromatic heterocycles. The second-order valence-corrected chi connectivity index (χ2v) is 4.37. The molecule has 0 aliphatic carbocycles. The number of unbranched alkanes of at least 4 members (excludes halogenated alkanes) is 1. The zero-order valence-electron chi connectivity index (χ0n) is 11.8. The zero-order chi connectivity index (χ0) is 14.3. The van der Waals surface area contributed by atoms with Gasteiger partial charge in [0.2, 0.25) is 0 Å². The Balaban J connectivity index is 2.69. The highest BCUT2D eigenvalue weighted by Gasteiger charge is 2.13. The van der Waals surface area contributed by atoms with Crippen LogP contribution in [0.4, 0.5) is 11.4 Å². The molecule has 19 heavy (non-hydrogen) atoms. The van der Waals surface area contributed by atoms with E-state index in [9.17, 15) is 4.79 Å². The van der Waals surface area contributed by atoms with Crippen molar-refractivity contribution in [2.24, 2.45) is 0 Å². The average molecular weight is 266 g/mol. The molecule has 0 aliphatic rings. The number of carbonyl (C=O) groups excluding carboxylic acids is 1. The molecule has 1 rings (SSSR count). The third kappa shape index (κ3) is 4.44. The molecule has 3 N–H and O–H groups in total. The highest BCUT2D eigenvalue weighted by molar-refractivity contribution is 5.97. The summed E-state index contributed by atoms with van der Waals surface area (Å²) >= 11 is 0. The molecule has 0 bridgehead atoms. The maximum absolute atomic E-state index is 11.6. The van der Waals surface area contributed by atoms with Crippen LogP contribution in [0.1, 0.15) is 28.8 Å². The highest BCUT2D eigenvalue weighted by atomic mass is 16.5. The fraction of sp³-hybridized carbons (Fsp3) is 0.500. The topological polar surface area (TPSA) is 73.6 Å². The van der Waals surface area contributed by atoms with Crippen molar-refractivity contribution in [3.63, 3.8) is 0 Å². The summed E-state index contributed by atoms with van der Waals surface area (Å²) in [6, 6.07) is 3.66. The Morgan fingerprint density at radius 2 is 2.05 bits per heavy atom. The largest absolute Gasteiger partial charge is 0.465 e. The summed E-state index contributed by atoms with van der Waals surface area (Å²) in [5.74, 6) is -0.413. The number of esters is 1. The minimum absolute atomic E-state index is 0.405. The smallest absolute Gasteiger partial charge is 0.340 e. The highest BCUT2D eigenvalue weighted by Crippen LogP contribution is 2.23. The summed E-state index contributed by atoms with van der Waals surface area (Å²) in [5.41, 5.74) is 8.49. The molecule has 106 valence electrons. The molecule has 0 saturated carbocycles. The predicted octanol–water partition coefficient (Wildman–Crippen LogP) is 2.20. The van der Waals surface area contributed by atoms with Crippen molar-refractivity contribution in [3.05, 3.63) is 23.3 Å². The summed E-state index contributed by atoms with van der Waals surface area (Å²) < 4.78 is 9.71. The summed E-state index contributed by atoms with van der Waals surface area (Å²) in [6.45, 7) is 3.46. The first-order valence-electron chi connectivity index (χ1n) is 6.31. The maximum Gasteiger partial charge on any atom is 0.340 e. The summed E-state index contributed by atoms with van der Waals surface area (Å²) in [6.07, 6.45) is 2.01. The van der Waals surface area contributed by atoms with Gasteiger partial charge < -0.3 is 20.5 Å². The van der Waals surface area contributed by atoms with E-state index in [2.05, 4.69) is 5.32 Å². The van der Waals surface area contributed by atoms with Gasteiger partial charge in [0.25, 0.3) is 0 Å². The van der Waals surface area contributed by atoms with Crippen LogP contribution in [0.3, 0.4) is 0 Å². The lowest BCUT2D eigenvalue weighted by atomic mass is 10.1. The molecule has 0 spiro atoms. The van der Waals surface area contributed by atoms with Crippen molar-refractivity contribution in [1.29, 1.82) is 0 Å². The van der Waals surface area contributed by atoms with Crippen LogP contribution in [0.15, 0.2) is 12.1 Å². The number of anilines is 2. The number of aryl methyl sites for hydroxylation is 1. The minimum atomic E-state index is -0.413. The molecule has 1 aromatic rings. The molecule has 0 heterocycles. The van der Waals surface area contributed by atoms with Gasteiger partial charge in [-0.25, -0.2) is 4.79 Å². The van der Waals surface area contributed by atoms with E-state index in [-0.39, 0.29) is 0 Å². The Bertz CT molecular complexity index is 433. The Kier molecular flexibility index (Phi) is 6.15. The number of ether oxygens (including phenoxy) is 2. The van der Waals surface area contributed by atoms with Gasteiger partial charge in [-0.15, -0.1) is 0 Å². The standard InChI is InChI=1S/C14H22N2O3/c1-10-8-11(16-6-4-5-7-18-2)9-12(13(10)15)14(17)19-3/h8-9,16H,4-7,15H2,1-3H3. The predicted molar refractivity (Wildman–Crippen MR) is 76.5 cm³/mol. The van der Waals surface area contributed by atoms with Gasteiger partial charge in [-0.3, -0.25) is 0 Å². The number of nitrogen functional groups attached to an aromatic ring is 1. The molecule has 5 heteroatoms. The first kappa shape index (κ1) is 15.3. The van der Waals surface area contributed by atoms with Crippen LogP contribution in [0.25, 0.3) is 0 Å². The number of nitrogens with two attached hydrogens (primary N) is 1. The zero-order valence-corrected chi connectivity index (χ0v) is 11.8. The van der Waals surface area contributed by atoms with Gasteiger partial charge in [-0.05, 0) is 37.5 Å². The van der Waals surface area contributed by atoms with Crippen LogP contribution in [-0.4, -0.2) is 33.3 Å². The maximum atomic E-state index is 11.6. The number of methoxy groups -OCH3 is 2. The van der Waals surface area contributed by atoms with Crippen LogP contribution in [0.2, 0.25) is 0 Å². The Hall–Kier alpha value is -1.75. The van der Waals surface area contributed by atoms with Crippen LogP contribution in [0.5, 0.6) is 0 Å². The Morgan fingerprint density at radius 3 is 2.68 bits per heavy atom. The number of hydrogen-bond donors (Lipinski definition) is 2. The van der Waals surface area contributed by atoms with Crippen molar-refractivity contribution in [2.75, 3.05) is 38.4 Å². The number of carbonyl (C=O) groups is 1. The lowest BCUT2D eigenvalue weighted by Gasteiger charge is -2.12. The van der Waals surface area contributed by atoms with Gasteiger partial charge in [-0.2, -0.15) is 0 Å². The molecular formula is C14H22N2O3. The minimum Gasteiger partial charge on any atom is -0.465 e. The first-order chi connectivity index (χ1) is 9.10. The van der Waals surface area contributed by atoms with E-state index in [0.717, 1.165) is 37.2 Å². The SMILES string of the molecule is COCCCCNc1cc(C)c(N)c(C(=O)OC)c1. The number of nitrogens with one attached hydrogen (secondary N) is 1. The van der Waals surface area contributed by atoms with Crippen molar-refractivity contribution in [1.82, 2.24) is 0 Å². The molecule has 0 atom stereocenters. The molecule has 0 fully saturated rings. The molecule has 0 saturated heterocycles. The van der Waals surface area contributed by atoms with Gasteiger partial charge in [0.05, 0.1) is 12.7 Å². The lowest BCUT2D eigenvalue weighted by Crippen LogP contribution is -2.09. The van der Waals surface area contributed by atoms with Crippen LogP contribution < -0.4 is 11.1 Å². The monoisotopic (exact) mass is 266 g/mol. The van der Waals surface area contributed by atoms with Crippen molar-refractivity contribution >= 4 is 17.3 Å². The van der Waals surface area contributed by atoms with Crippen molar-refractivity contribution < 1.29 is 14.3 Å². The summed E-state index contributed by atoms with van der Waals surface area (Å²) in [7, 11) is 3.04. The van der Waals surface area contributed by atoms with Gasteiger partial charge in [0.1, 0.15) is 0 Å². The fourth-order valence-corrected chi connectivity index (χ4v) is 1.78. The van der Waals surface area contributed by atoms with E-state index < -0.39 is 5.97 Å². The number of benzene rings is 1. The third-order valence-corrected chi connectivity index (χ3v) is 2.90. The molecule has 1 aromatic carbocycles. The summed E-state index contributed by atoms with van der Waals surface area (Å²) in [5, 5.41) is 3.27. The van der Waals surface area contributed by atoms with E-state index in [4.69, 9.17) is 15.2 Å². The molecule has 0 unspecified atom stereocenters. The average Bonchev–Trinajstić information content (AvgIpc) is 2.41. The van der Waals surface area contributed by atoms with Gasteiger partial charge in [0.15, 0.2) is 0 Å². The van der Waals surface area contributed by atoms with Gasteiger partial charge in [-0.1, -0.05) is 0 Å². The fourth-order valence-electron chi connectivity index (χ4n) is 1.78. The van der Waals surface area contributed by atoms with E-state index in [1.165, 1.54) is 7.11 Å². The number of rotatable bonds is 7. The first-order valence-corrected chi connectivity index (χ1v) is 6.31. The third-order valence-electron chi connectivity index (χ3n) is 2.90. The molecular weight excluding hydrogens is 244 g/mol. The van der Waals surface area contributed by atoms with Gasteiger partial charge >= 0.3 is 5.97 Å². The van der Waals surface area contributed by atoms with Gasteiger partial charge in [0, 0.05) is 31.6 Å². The normalized spacial score (nSPS) is 10.3. The molecule has 5 nitrogen and oxygen atoms in total. The van der Waals surface area contributed by atoms with Crippen LogP contribution in [-0.2, 0) is 9.47 Å².